The molecule has 0 fully saturated rings. The van der Waals surface area contributed by atoms with Crippen LogP contribution in [-0.4, -0.2) is 26.5 Å². The summed E-state index contributed by atoms with van der Waals surface area (Å²) < 4.78 is 1.28. The highest BCUT2D eigenvalue weighted by atomic mass is 35.5. The molecule has 0 radical (unpaired) electrons. The molecular weight excluding hydrogens is 475 g/mol. The van der Waals surface area contributed by atoms with Gasteiger partial charge in [0.1, 0.15) is 11.1 Å². The number of thiophene rings is 1. The van der Waals surface area contributed by atoms with E-state index in [9.17, 15) is 10.1 Å². The summed E-state index contributed by atoms with van der Waals surface area (Å²) >= 11 is 14.9. The van der Waals surface area contributed by atoms with Gasteiger partial charge in [0.25, 0.3) is 0 Å². The number of fused-ring (bicyclic) bond motifs is 1. The zero-order valence-electron chi connectivity index (χ0n) is 16.3. The number of hydrogen-bond acceptors (Lipinski definition) is 7. The third-order valence-electron chi connectivity index (χ3n) is 4.95. The SMILES string of the molecule is N#Cc1c(NC(=O)CSc2nnc(-c3cc(Cl)ccc3Cl)n2N)sc2c1CCCCC2. The lowest BCUT2D eigenvalue weighted by molar-refractivity contribution is -0.113. The Morgan fingerprint density at radius 2 is 2.10 bits per heavy atom. The molecule has 0 saturated carbocycles. The Morgan fingerprint density at radius 3 is 2.90 bits per heavy atom. The maximum Gasteiger partial charge on any atom is 0.235 e. The van der Waals surface area contributed by atoms with Crippen molar-refractivity contribution in [3.05, 3.63) is 44.2 Å². The number of carbonyl (C=O) groups is 1. The van der Waals surface area contributed by atoms with Gasteiger partial charge in [0.15, 0.2) is 5.82 Å². The lowest BCUT2D eigenvalue weighted by Gasteiger charge is -2.06. The Kier molecular flexibility index (Phi) is 6.72. The molecule has 11 heteroatoms. The average Bonchev–Trinajstić information content (AvgIpc) is 3.18. The fourth-order valence-corrected chi connectivity index (χ4v) is 5.76. The zero-order valence-corrected chi connectivity index (χ0v) is 19.5. The Balaban J connectivity index is 1.45. The number of benzene rings is 1. The third kappa shape index (κ3) is 4.67. The first-order chi connectivity index (χ1) is 15.0. The van der Waals surface area contributed by atoms with Crippen molar-refractivity contribution in [3.63, 3.8) is 0 Å². The normalized spacial score (nSPS) is 13.3. The number of anilines is 1. The molecule has 0 spiro atoms. The van der Waals surface area contributed by atoms with E-state index in [1.165, 1.54) is 27.3 Å². The molecule has 0 bridgehead atoms. The van der Waals surface area contributed by atoms with Gasteiger partial charge < -0.3 is 11.2 Å². The van der Waals surface area contributed by atoms with Crippen LogP contribution in [0.15, 0.2) is 23.4 Å². The van der Waals surface area contributed by atoms with Gasteiger partial charge in [0.05, 0.1) is 16.3 Å². The fraction of sp³-hybridized carbons (Fsp3) is 0.300. The lowest BCUT2D eigenvalue weighted by atomic mass is 10.1. The molecular formula is C20H18Cl2N6OS2. The quantitative estimate of drug-likeness (QED) is 0.297. The second-order valence-electron chi connectivity index (χ2n) is 7.02. The molecule has 1 aliphatic carbocycles. The van der Waals surface area contributed by atoms with Crippen LogP contribution >= 0.6 is 46.3 Å². The number of amides is 1. The molecule has 2 aromatic heterocycles. The highest BCUT2D eigenvalue weighted by molar-refractivity contribution is 7.99. The number of rotatable bonds is 5. The Labute approximate surface area is 197 Å². The monoisotopic (exact) mass is 492 g/mol. The first-order valence-corrected chi connectivity index (χ1v) is 12.2. The number of nitriles is 1. The van der Waals surface area contributed by atoms with Crippen LogP contribution in [0.25, 0.3) is 11.4 Å². The van der Waals surface area contributed by atoms with Crippen molar-refractivity contribution < 1.29 is 4.79 Å². The van der Waals surface area contributed by atoms with Crippen molar-refractivity contribution in [1.29, 1.82) is 5.26 Å². The minimum absolute atomic E-state index is 0.0754. The van der Waals surface area contributed by atoms with Crippen molar-refractivity contribution in [1.82, 2.24) is 14.9 Å². The number of nitrogen functional groups attached to an aromatic ring is 1. The number of nitrogens with zero attached hydrogens (tertiary/aromatic N) is 4. The standard InChI is InChI=1S/C20H18Cl2N6OS2/c21-11-6-7-15(22)13(8-11)18-26-27-20(28(18)24)30-10-17(29)25-19-14(9-23)12-4-2-1-3-5-16(12)31-19/h6-8H,1-5,10,24H2,(H,25,29). The van der Waals surface area contributed by atoms with E-state index in [4.69, 9.17) is 29.0 Å². The van der Waals surface area contributed by atoms with Gasteiger partial charge in [-0.2, -0.15) is 5.26 Å². The van der Waals surface area contributed by atoms with E-state index in [1.807, 2.05) is 0 Å². The van der Waals surface area contributed by atoms with Crippen molar-refractivity contribution in [3.8, 4) is 17.5 Å². The van der Waals surface area contributed by atoms with Gasteiger partial charge in [-0.1, -0.05) is 41.4 Å². The summed E-state index contributed by atoms with van der Waals surface area (Å²) in [5, 5.41) is 22.6. The van der Waals surface area contributed by atoms with E-state index in [2.05, 4.69) is 21.6 Å². The molecule has 4 rings (SSSR count). The topological polar surface area (TPSA) is 110 Å². The summed E-state index contributed by atoms with van der Waals surface area (Å²) in [5.74, 6) is 6.31. The van der Waals surface area contributed by atoms with Crippen LogP contribution < -0.4 is 11.2 Å². The van der Waals surface area contributed by atoms with E-state index >= 15 is 0 Å². The van der Waals surface area contributed by atoms with E-state index < -0.39 is 0 Å². The summed E-state index contributed by atoms with van der Waals surface area (Å²) in [6.07, 6.45) is 5.22. The first-order valence-electron chi connectivity index (χ1n) is 9.61. The van der Waals surface area contributed by atoms with Gasteiger partial charge in [-0.3, -0.25) is 4.79 Å². The number of aromatic nitrogens is 3. The van der Waals surface area contributed by atoms with Crippen LogP contribution in [0.4, 0.5) is 5.00 Å². The molecule has 160 valence electrons. The van der Waals surface area contributed by atoms with Gasteiger partial charge in [0.2, 0.25) is 11.1 Å². The second kappa shape index (κ2) is 9.49. The Hall–Kier alpha value is -2.25. The number of nitrogens with two attached hydrogens (primary N) is 1. The molecule has 3 N–H and O–H groups in total. The van der Waals surface area contributed by atoms with Crippen LogP contribution in [-0.2, 0) is 17.6 Å². The molecule has 2 heterocycles. The molecule has 31 heavy (non-hydrogen) atoms. The Bertz CT molecular complexity index is 1180. The highest BCUT2D eigenvalue weighted by Crippen LogP contribution is 2.37. The maximum absolute atomic E-state index is 12.6. The predicted molar refractivity (Wildman–Crippen MR) is 125 cm³/mol. The minimum atomic E-state index is -0.233. The van der Waals surface area contributed by atoms with Crippen LogP contribution in [0.5, 0.6) is 0 Å². The van der Waals surface area contributed by atoms with Crippen molar-refractivity contribution >= 4 is 57.2 Å². The van der Waals surface area contributed by atoms with Crippen molar-refractivity contribution in [2.24, 2.45) is 0 Å². The average molecular weight is 493 g/mol. The number of hydrogen-bond donors (Lipinski definition) is 2. The molecule has 3 aromatic rings. The van der Waals surface area contributed by atoms with Crippen LogP contribution in [0, 0.1) is 11.3 Å². The number of carbonyl (C=O) groups excluding carboxylic acids is 1. The number of nitrogens with one attached hydrogen (secondary N) is 1. The summed E-state index contributed by atoms with van der Waals surface area (Å²) in [7, 11) is 0. The van der Waals surface area contributed by atoms with Gasteiger partial charge >= 0.3 is 0 Å². The van der Waals surface area contributed by atoms with Gasteiger partial charge in [0, 0.05) is 15.5 Å². The van der Waals surface area contributed by atoms with E-state index in [0.717, 1.165) is 43.0 Å². The summed E-state index contributed by atoms with van der Waals surface area (Å²) in [4.78, 5) is 13.8. The molecule has 0 saturated heterocycles. The summed E-state index contributed by atoms with van der Waals surface area (Å²) in [6.45, 7) is 0. The largest absolute Gasteiger partial charge is 0.335 e. The van der Waals surface area contributed by atoms with Gasteiger partial charge in [-0.15, -0.1) is 21.5 Å². The smallest absolute Gasteiger partial charge is 0.235 e. The first kappa shape index (κ1) is 22.0. The number of aryl methyl sites for hydroxylation is 1. The summed E-state index contributed by atoms with van der Waals surface area (Å²) in [6, 6.07) is 7.25. The molecule has 0 atom stereocenters. The number of halogens is 2. The fourth-order valence-electron chi connectivity index (χ4n) is 3.47. The van der Waals surface area contributed by atoms with Crippen LogP contribution in [0.3, 0.4) is 0 Å². The minimum Gasteiger partial charge on any atom is -0.335 e. The number of thioether (sulfide) groups is 1. The maximum atomic E-state index is 12.6. The van der Waals surface area contributed by atoms with Crippen LogP contribution in [0.1, 0.15) is 35.3 Å². The van der Waals surface area contributed by atoms with E-state index in [-0.39, 0.29) is 11.7 Å². The van der Waals surface area contributed by atoms with Crippen molar-refractivity contribution in [2.45, 2.75) is 37.3 Å². The van der Waals surface area contributed by atoms with Crippen LogP contribution in [0.2, 0.25) is 10.0 Å². The molecule has 1 aliphatic rings. The van der Waals surface area contributed by atoms with Gasteiger partial charge in [-0.05, 0) is 49.4 Å². The molecule has 0 aliphatic heterocycles. The second-order valence-corrected chi connectivity index (χ2v) is 9.91. The highest BCUT2D eigenvalue weighted by Gasteiger charge is 2.22. The lowest BCUT2D eigenvalue weighted by Crippen LogP contribution is -2.16. The van der Waals surface area contributed by atoms with E-state index in [1.54, 1.807) is 18.2 Å². The van der Waals surface area contributed by atoms with Gasteiger partial charge in [-0.25, -0.2) is 4.68 Å². The van der Waals surface area contributed by atoms with Crippen molar-refractivity contribution in [2.75, 3.05) is 16.9 Å². The predicted octanol–water partition coefficient (Wildman–Crippen LogP) is 4.90. The van der Waals surface area contributed by atoms with E-state index in [0.29, 0.717) is 37.2 Å². The molecule has 1 amide bonds. The Morgan fingerprint density at radius 1 is 1.29 bits per heavy atom. The molecule has 1 aromatic carbocycles. The third-order valence-corrected chi connectivity index (χ3v) is 7.67. The molecule has 0 unspecified atom stereocenters. The summed E-state index contributed by atoms with van der Waals surface area (Å²) in [5.41, 5.74) is 2.25. The zero-order chi connectivity index (χ0) is 22.0. The molecule has 7 nitrogen and oxygen atoms in total.